The zero-order valence-corrected chi connectivity index (χ0v) is 14.0. The van der Waals surface area contributed by atoms with Crippen molar-refractivity contribution in [1.82, 2.24) is 0 Å². The Morgan fingerprint density at radius 2 is 1.75 bits per heavy atom. The van der Waals surface area contributed by atoms with Crippen LogP contribution >= 0.6 is 0 Å². The van der Waals surface area contributed by atoms with E-state index in [1.54, 1.807) is 32.0 Å². The molecule has 0 aliphatic heterocycles. The Morgan fingerprint density at radius 3 is 2.46 bits per heavy atom. The fourth-order valence-corrected chi connectivity index (χ4v) is 2.02. The summed E-state index contributed by atoms with van der Waals surface area (Å²) in [5, 5.41) is 0. The first-order valence-corrected chi connectivity index (χ1v) is 7.97. The summed E-state index contributed by atoms with van der Waals surface area (Å²) in [5.74, 6) is 0.922. The summed E-state index contributed by atoms with van der Waals surface area (Å²) < 4.78 is 16.4. The molecule has 0 heterocycles. The SMILES string of the molecule is CC(C)OC(=O)c1ccc(N)c(OCCCOc2ccccc2)c1. The molecule has 0 radical (unpaired) electrons. The van der Waals surface area contributed by atoms with Gasteiger partial charge in [-0.1, -0.05) is 18.2 Å². The summed E-state index contributed by atoms with van der Waals surface area (Å²) in [4.78, 5) is 11.9. The molecule has 128 valence electrons. The van der Waals surface area contributed by atoms with Gasteiger partial charge in [-0.2, -0.15) is 0 Å². The monoisotopic (exact) mass is 329 g/mol. The second kappa shape index (κ2) is 8.82. The molecule has 0 aliphatic carbocycles. The number of carbonyl (C=O) groups is 1. The molecule has 2 aromatic rings. The van der Waals surface area contributed by atoms with Crippen LogP contribution in [-0.2, 0) is 4.74 Å². The van der Waals surface area contributed by atoms with E-state index in [4.69, 9.17) is 19.9 Å². The predicted octanol–water partition coefficient (Wildman–Crippen LogP) is 3.68. The third kappa shape index (κ3) is 5.50. The van der Waals surface area contributed by atoms with E-state index in [1.165, 1.54) is 0 Å². The van der Waals surface area contributed by atoms with Crippen LogP contribution < -0.4 is 15.2 Å². The summed E-state index contributed by atoms with van der Waals surface area (Å²) >= 11 is 0. The van der Waals surface area contributed by atoms with Crippen LogP contribution in [0.25, 0.3) is 0 Å². The lowest BCUT2D eigenvalue weighted by Crippen LogP contribution is -2.12. The molecule has 2 rings (SSSR count). The molecule has 0 aromatic heterocycles. The Balaban J connectivity index is 1.82. The Bertz CT molecular complexity index is 656. The summed E-state index contributed by atoms with van der Waals surface area (Å²) in [6.07, 6.45) is 0.532. The number of hydrogen-bond acceptors (Lipinski definition) is 5. The maximum absolute atomic E-state index is 11.9. The number of para-hydroxylation sites is 1. The van der Waals surface area contributed by atoms with Crippen molar-refractivity contribution in [3.63, 3.8) is 0 Å². The minimum atomic E-state index is -0.387. The maximum atomic E-state index is 11.9. The normalized spacial score (nSPS) is 10.5. The van der Waals surface area contributed by atoms with Crippen molar-refractivity contribution in [1.29, 1.82) is 0 Å². The van der Waals surface area contributed by atoms with Gasteiger partial charge >= 0.3 is 5.97 Å². The highest BCUT2D eigenvalue weighted by Crippen LogP contribution is 2.23. The van der Waals surface area contributed by atoms with Crippen LogP contribution in [0.1, 0.15) is 30.6 Å². The van der Waals surface area contributed by atoms with Crippen LogP contribution in [0.3, 0.4) is 0 Å². The standard InChI is InChI=1S/C19H23NO4/c1-14(2)24-19(21)15-9-10-17(20)18(13-15)23-12-6-11-22-16-7-4-3-5-8-16/h3-5,7-10,13-14H,6,11-12,20H2,1-2H3. The largest absolute Gasteiger partial charge is 0.493 e. The molecular formula is C19H23NO4. The molecule has 0 fully saturated rings. The van der Waals surface area contributed by atoms with Crippen molar-refractivity contribution in [2.75, 3.05) is 18.9 Å². The number of nitrogen functional groups attached to an aromatic ring is 1. The van der Waals surface area contributed by atoms with Gasteiger partial charge in [0.05, 0.1) is 30.6 Å². The lowest BCUT2D eigenvalue weighted by atomic mass is 10.2. The fourth-order valence-electron chi connectivity index (χ4n) is 2.02. The van der Waals surface area contributed by atoms with Gasteiger partial charge in [-0.3, -0.25) is 0 Å². The molecular weight excluding hydrogens is 306 g/mol. The van der Waals surface area contributed by atoms with Crippen LogP contribution in [0.4, 0.5) is 5.69 Å². The van der Waals surface area contributed by atoms with E-state index in [0.29, 0.717) is 36.6 Å². The van der Waals surface area contributed by atoms with Crippen LogP contribution in [0.2, 0.25) is 0 Å². The van der Waals surface area contributed by atoms with E-state index in [9.17, 15) is 4.79 Å². The number of ether oxygens (including phenoxy) is 3. The second-order valence-corrected chi connectivity index (χ2v) is 5.57. The van der Waals surface area contributed by atoms with E-state index in [-0.39, 0.29) is 12.1 Å². The summed E-state index contributed by atoms with van der Waals surface area (Å²) in [7, 11) is 0. The molecule has 0 amide bonds. The molecule has 0 atom stereocenters. The van der Waals surface area contributed by atoms with Gasteiger partial charge in [0.2, 0.25) is 0 Å². The van der Waals surface area contributed by atoms with Crippen LogP contribution in [0.5, 0.6) is 11.5 Å². The van der Waals surface area contributed by atoms with Crippen LogP contribution in [0.15, 0.2) is 48.5 Å². The van der Waals surface area contributed by atoms with Crippen LogP contribution in [-0.4, -0.2) is 25.3 Å². The number of anilines is 1. The number of esters is 1. The Morgan fingerprint density at radius 1 is 1.04 bits per heavy atom. The van der Waals surface area contributed by atoms with Gasteiger partial charge in [0, 0.05) is 6.42 Å². The summed E-state index contributed by atoms with van der Waals surface area (Å²) in [6, 6.07) is 14.5. The van der Waals surface area contributed by atoms with E-state index >= 15 is 0 Å². The number of benzene rings is 2. The number of rotatable bonds is 8. The summed E-state index contributed by atoms with van der Waals surface area (Å²) in [5.41, 5.74) is 6.80. The highest BCUT2D eigenvalue weighted by molar-refractivity contribution is 5.90. The Hall–Kier alpha value is -2.69. The van der Waals surface area contributed by atoms with Crippen molar-refractivity contribution < 1.29 is 19.0 Å². The second-order valence-electron chi connectivity index (χ2n) is 5.57. The Kier molecular flexibility index (Phi) is 6.49. The van der Waals surface area contributed by atoms with Gasteiger partial charge in [-0.25, -0.2) is 4.79 Å². The average Bonchev–Trinajstić information content (AvgIpc) is 2.56. The molecule has 5 heteroatoms. The number of nitrogens with two attached hydrogens (primary N) is 1. The number of carbonyl (C=O) groups excluding carboxylic acids is 1. The third-order valence-corrected chi connectivity index (χ3v) is 3.15. The van der Waals surface area contributed by atoms with Crippen molar-refractivity contribution in [3.8, 4) is 11.5 Å². The lowest BCUT2D eigenvalue weighted by molar-refractivity contribution is 0.0377. The van der Waals surface area contributed by atoms with E-state index in [2.05, 4.69) is 0 Å². The first-order chi connectivity index (χ1) is 11.6. The van der Waals surface area contributed by atoms with Gasteiger partial charge in [-0.05, 0) is 44.2 Å². The van der Waals surface area contributed by atoms with Gasteiger partial charge in [-0.15, -0.1) is 0 Å². The molecule has 0 aliphatic rings. The highest BCUT2D eigenvalue weighted by Gasteiger charge is 2.12. The van der Waals surface area contributed by atoms with E-state index < -0.39 is 0 Å². The van der Waals surface area contributed by atoms with Gasteiger partial charge in [0.25, 0.3) is 0 Å². The third-order valence-electron chi connectivity index (χ3n) is 3.15. The molecule has 0 spiro atoms. The minimum absolute atomic E-state index is 0.172. The quantitative estimate of drug-likeness (QED) is 0.454. The molecule has 0 saturated carbocycles. The molecule has 0 bridgehead atoms. The molecule has 0 unspecified atom stereocenters. The highest BCUT2D eigenvalue weighted by atomic mass is 16.5. The zero-order chi connectivity index (χ0) is 17.4. The predicted molar refractivity (Wildman–Crippen MR) is 93.5 cm³/mol. The van der Waals surface area contributed by atoms with Crippen molar-refractivity contribution in [2.45, 2.75) is 26.4 Å². The van der Waals surface area contributed by atoms with Gasteiger partial charge < -0.3 is 19.9 Å². The van der Waals surface area contributed by atoms with Crippen molar-refractivity contribution in [3.05, 3.63) is 54.1 Å². The first-order valence-electron chi connectivity index (χ1n) is 7.97. The first kappa shape index (κ1) is 17.7. The molecule has 0 saturated heterocycles. The average molecular weight is 329 g/mol. The lowest BCUT2D eigenvalue weighted by Gasteiger charge is -2.12. The molecule has 24 heavy (non-hydrogen) atoms. The molecule has 2 N–H and O–H groups in total. The topological polar surface area (TPSA) is 70.8 Å². The molecule has 2 aromatic carbocycles. The van der Waals surface area contributed by atoms with Crippen molar-refractivity contribution >= 4 is 11.7 Å². The maximum Gasteiger partial charge on any atom is 0.338 e. The number of hydrogen-bond donors (Lipinski definition) is 1. The van der Waals surface area contributed by atoms with E-state index in [0.717, 1.165) is 5.75 Å². The minimum Gasteiger partial charge on any atom is -0.493 e. The smallest absolute Gasteiger partial charge is 0.338 e. The van der Waals surface area contributed by atoms with Gasteiger partial charge in [0.15, 0.2) is 0 Å². The zero-order valence-electron chi connectivity index (χ0n) is 14.0. The van der Waals surface area contributed by atoms with Gasteiger partial charge in [0.1, 0.15) is 11.5 Å². The van der Waals surface area contributed by atoms with Crippen LogP contribution in [0, 0.1) is 0 Å². The van der Waals surface area contributed by atoms with Crippen molar-refractivity contribution in [2.24, 2.45) is 0 Å². The summed E-state index contributed by atoms with van der Waals surface area (Å²) in [6.45, 7) is 4.59. The Labute approximate surface area is 142 Å². The molecule has 5 nitrogen and oxygen atoms in total. The fraction of sp³-hybridized carbons (Fsp3) is 0.316. The van der Waals surface area contributed by atoms with E-state index in [1.807, 2.05) is 30.3 Å².